The van der Waals surface area contributed by atoms with E-state index in [-0.39, 0.29) is 0 Å². The highest BCUT2D eigenvalue weighted by Crippen LogP contribution is 2.25. The van der Waals surface area contributed by atoms with E-state index in [2.05, 4.69) is 5.10 Å². The fraction of sp³-hybridized carbons (Fsp3) is 0.308. The van der Waals surface area contributed by atoms with E-state index in [1.807, 2.05) is 19.3 Å². The lowest BCUT2D eigenvalue weighted by Gasteiger charge is -2.11. The summed E-state index contributed by atoms with van der Waals surface area (Å²) in [7, 11) is 1.85. The van der Waals surface area contributed by atoms with Crippen LogP contribution < -0.4 is 0 Å². The van der Waals surface area contributed by atoms with Crippen molar-refractivity contribution in [1.29, 1.82) is 0 Å². The van der Waals surface area contributed by atoms with E-state index in [0.29, 0.717) is 22.9 Å². The molecule has 0 radical (unpaired) electrons. The molecule has 3 nitrogen and oxygen atoms in total. The lowest BCUT2D eigenvalue weighted by molar-refractivity contribution is 0.174. The predicted molar refractivity (Wildman–Crippen MR) is 73.1 cm³/mol. The molecule has 0 saturated carbocycles. The Morgan fingerprint density at radius 3 is 2.44 bits per heavy atom. The summed E-state index contributed by atoms with van der Waals surface area (Å²) in [6.07, 6.45) is 2.22. The molecule has 1 aromatic heterocycles. The Hall–Kier alpha value is -1.03. The summed E-state index contributed by atoms with van der Waals surface area (Å²) in [6.45, 7) is 0. The van der Waals surface area contributed by atoms with Crippen LogP contribution in [0.5, 0.6) is 0 Å². The first-order chi connectivity index (χ1) is 8.56. The van der Waals surface area contributed by atoms with Gasteiger partial charge in [0.05, 0.1) is 11.8 Å². The van der Waals surface area contributed by atoms with Gasteiger partial charge in [-0.1, -0.05) is 29.3 Å². The van der Waals surface area contributed by atoms with Crippen LogP contribution in [0.25, 0.3) is 0 Å². The van der Waals surface area contributed by atoms with Crippen LogP contribution in [0, 0.1) is 0 Å². The molecule has 5 heteroatoms. The van der Waals surface area contributed by atoms with Crippen LogP contribution in [0.2, 0.25) is 10.0 Å². The van der Waals surface area contributed by atoms with E-state index in [1.54, 1.807) is 22.9 Å². The molecule has 1 atom stereocenters. The third kappa shape index (κ3) is 3.25. The largest absolute Gasteiger partial charge is 0.392 e. The summed E-state index contributed by atoms with van der Waals surface area (Å²) in [5.41, 5.74) is 1.64. The quantitative estimate of drug-likeness (QED) is 0.938. The monoisotopic (exact) mass is 284 g/mol. The van der Waals surface area contributed by atoms with Crippen molar-refractivity contribution in [3.8, 4) is 0 Å². The second kappa shape index (κ2) is 5.74. The SMILES string of the molecule is Cn1ccc(CC(O)Cc2c(Cl)cccc2Cl)n1. The Morgan fingerprint density at radius 1 is 1.22 bits per heavy atom. The number of aryl methyl sites for hydroxylation is 1. The van der Waals surface area contributed by atoms with Gasteiger partial charge in [0.2, 0.25) is 0 Å². The molecule has 0 amide bonds. The average molecular weight is 285 g/mol. The van der Waals surface area contributed by atoms with Gasteiger partial charge in [0, 0.05) is 36.1 Å². The van der Waals surface area contributed by atoms with Crippen LogP contribution in [-0.2, 0) is 19.9 Å². The third-order valence-electron chi connectivity index (χ3n) is 2.72. The van der Waals surface area contributed by atoms with Crippen molar-refractivity contribution in [3.63, 3.8) is 0 Å². The molecule has 96 valence electrons. The molecule has 0 bridgehead atoms. The Morgan fingerprint density at radius 2 is 1.89 bits per heavy atom. The first-order valence-corrected chi connectivity index (χ1v) is 6.41. The number of rotatable bonds is 4. The van der Waals surface area contributed by atoms with E-state index in [9.17, 15) is 5.11 Å². The summed E-state index contributed by atoms with van der Waals surface area (Å²) in [5.74, 6) is 0. The maximum Gasteiger partial charge on any atom is 0.0650 e. The second-order valence-corrected chi connectivity index (χ2v) is 5.06. The van der Waals surface area contributed by atoms with Gasteiger partial charge < -0.3 is 5.11 Å². The van der Waals surface area contributed by atoms with Gasteiger partial charge >= 0.3 is 0 Å². The fourth-order valence-electron chi connectivity index (χ4n) is 1.85. The molecule has 1 heterocycles. The van der Waals surface area contributed by atoms with Crippen molar-refractivity contribution in [2.45, 2.75) is 18.9 Å². The summed E-state index contributed by atoms with van der Waals surface area (Å²) in [5, 5.41) is 15.4. The molecule has 0 spiro atoms. The lowest BCUT2D eigenvalue weighted by atomic mass is 10.0. The summed E-state index contributed by atoms with van der Waals surface area (Å²) in [6, 6.07) is 7.23. The molecule has 0 aliphatic heterocycles. The van der Waals surface area contributed by atoms with Gasteiger partial charge in [-0.15, -0.1) is 0 Å². The molecule has 2 aromatic rings. The summed E-state index contributed by atoms with van der Waals surface area (Å²) >= 11 is 12.1. The van der Waals surface area contributed by atoms with Crippen molar-refractivity contribution < 1.29 is 5.11 Å². The van der Waals surface area contributed by atoms with E-state index in [4.69, 9.17) is 23.2 Å². The molecular formula is C13H14Cl2N2O. The van der Waals surface area contributed by atoms with E-state index in [0.717, 1.165) is 11.3 Å². The molecule has 0 aliphatic carbocycles. The molecule has 2 rings (SSSR count). The smallest absolute Gasteiger partial charge is 0.0650 e. The maximum absolute atomic E-state index is 10.0. The zero-order valence-electron chi connectivity index (χ0n) is 9.98. The number of hydrogen-bond donors (Lipinski definition) is 1. The standard InChI is InChI=1S/C13H14Cl2N2O/c1-17-6-5-9(16-17)7-10(18)8-11-12(14)3-2-4-13(11)15/h2-6,10,18H,7-8H2,1H3. The number of benzene rings is 1. The minimum Gasteiger partial charge on any atom is -0.392 e. The minimum atomic E-state index is -0.544. The molecule has 18 heavy (non-hydrogen) atoms. The van der Waals surface area contributed by atoms with Gasteiger partial charge in [0.1, 0.15) is 0 Å². The fourth-order valence-corrected chi connectivity index (χ4v) is 2.40. The van der Waals surface area contributed by atoms with Crippen LogP contribution in [0.1, 0.15) is 11.3 Å². The van der Waals surface area contributed by atoms with Crippen LogP contribution in [-0.4, -0.2) is 21.0 Å². The Kier molecular flexibility index (Phi) is 4.27. The highest BCUT2D eigenvalue weighted by molar-refractivity contribution is 6.35. The average Bonchev–Trinajstić information content (AvgIpc) is 2.69. The molecule has 0 fully saturated rings. The first-order valence-electron chi connectivity index (χ1n) is 5.65. The summed E-state index contributed by atoms with van der Waals surface area (Å²) in [4.78, 5) is 0. The number of nitrogens with zero attached hydrogens (tertiary/aromatic N) is 2. The Balaban J connectivity index is 2.05. The number of aliphatic hydroxyl groups excluding tert-OH is 1. The zero-order chi connectivity index (χ0) is 13.1. The number of halogens is 2. The highest BCUT2D eigenvalue weighted by Gasteiger charge is 2.13. The molecule has 1 aromatic carbocycles. The molecule has 1 N–H and O–H groups in total. The van der Waals surface area contributed by atoms with Crippen LogP contribution >= 0.6 is 23.2 Å². The van der Waals surface area contributed by atoms with Gasteiger partial charge in [0.15, 0.2) is 0 Å². The number of aromatic nitrogens is 2. The normalized spacial score (nSPS) is 12.7. The maximum atomic E-state index is 10.0. The van der Waals surface area contributed by atoms with Crippen molar-refractivity contribution in [3.05, 3.63) is 51.8 Å². The number of hydrogen-bond acceptors (Lipinski definition) is 2. The van der Waals surface area contributed by atoms with Gasteiger partial charge in [-0.25, -0.2) is 0 Å². The highest BCUT2D eigenvalue weighted by atomic mass is 35.5. The van der Waals surface area contributed by atoms with Gasteiger partial charge in [-0.3, -0.25) is 4.68 Å². The predicted octanol–water partition coefficient (Wildman–Crippen LogP) is 2.87. The van der Waals surface area contributed by atoms with E-state index < -0.39 is 6.10 Å². The first kappa shape index (κ1) is 13.4. The summed E-state index contributed by atoms with van der Waals surface area (Å²) < 4.78 is 1.71. The van der Waals surface area contributed by atoms with Gasteiger partial charge in [-0.2, -0.15) is 5.10 Å². The Labute approximate surface area is 116 Å². The molecule has 0 aliphatic rings. The van der Waals surface area contributed by atoms with E-state index >= 15 is 0 Å². The van der Waals surface area contributed by atoms with Crippen LogP contribution in [0.3, 0.4) is 0 Å². The van der Waals surface area contributed by atoms with Crippen LogP contribution in [0.15, 0.2) is 30.5 Å². The van der Waals surface area contributed by atoms with Crippen molar-refractivity contribution in [2.75, 3.05) is 0 Å². The van der Waals surface area contributed by atoms with Crippen LogP contribution in [0.4, 0.5) is 0 Å². The lowest BCUT2D eigenvalue weighted by Crippen LogP contribution is -2.15. The topological polar surface area (TPSA) is 38.0 Å². The van der Waals surface area contributed by atoms with Gasteiger partial charge in [0.25, 0.3) is 0 Å². The molecular weight excluding hydrogens is 271 g/mol. The second-order valence-electron chi connectivity index (χ2n) is 4.24. The van der Waals surface area contributed by atoms with Gasteiger partial charge in [-0.05, 0) is 23.8 Å². The Bertz CT molecular complexity index is 519. The van der Waals surface area contributed by atoms with Crippen molar-refractivity contribution >= 4 is 23.2 Å². The molecule has 1 unspecified atom stereocenters. The van der Waals surface area contributed by atoms with Crippen molar-refractivity contribution in [1.82, 2.24) is 9.78 Å². The van der Waals surface area contributed by atoms with Crippen molar-refractivity contribution in [2.24, 2.45) is 7.05 Å². The zero-order valence-corrected chi connectivity index (χ0v) is 11.5. The number of aliphatic hydroxyl groups is 1. The van der Waals surface area contributed by atoms with E-state index in [1.165, 1.54) is 0 Å². The third-order valence-corrected chi connectivity index (χ3v) is 3.42. The minimum absolute atomic E-state index is 0.426. The molecule has 0 saturated heterocycles.